The molecule has 0 saturated carbocycles. The van der Waals surface area contributed by atoms with E-state index in [0.29, 0.717) is 0 Å². The molecule has 3 aromatic carbocycles. The number of para-hydroxylation sites is 1. The fraction of sp³-hybridized carbons (Fsp3) is 0.182. The maximum Gasteiger partial charge on any atom is 0.311 e. The zero-order chi connectivity index (χ0) is 20.8. The van der Waals surface area contributed by atoms with Gasteiger partial charge in [0.1, 0.15) is 0 Å². The first-order valence-corrected chi connectivity index (χ1v) is 9.10. The number of benzene rings is 3. The molecule has 1 N–H and O–H groups in total. The summed E-state index contributed by atoms with van der Waals surface area (Å²) in [6, 6.07) is 19.4. The normalized spacial score (nSPS) is 11.6. The van der Waals surface area contributed by atoms with Gasteiger partial charge in [-0.1, -0.05) is 60.7 Å². The van der Waals surface area contributed by atoms with Crippen LogP contribution in [0, 0.1) is 10.1 Å². The highest BCUT2D eigenvalue weighted by Crippen LogP contribution is 2.24. The minimum absolute atomic E-state index is 0.154. The lowest BCUT2D eigenvalue weighted by Crippen LogP contribution is -2.31. The molecular weight excluding hydrogens is 372 g/mol. The number of nitrogens with one attached hydrogen (secondary N) is 1. The number of fused-ring (bicyclic) bond motifs is 1. The van der Waals surface area contributed by atoms with Crippen LogP contribution in [-0.2, 0) is 20.7 Å². The third-order valence-electron chi connectivity index (χ3n) is 4.55. The third kappa shape index (κ3) is 4.95. The zero-order valence-electron chi connectivity index (χ0n) is 15.8. The Morgan fingerprint density at radius 3 is 2.52 bits per heavy atom. The van der Waals surface area contributed by atoms with Crippen molar-refractivity contribution in [2.75, 3.05) is 6.61 Å². The molecule has 0 fully saturated rings. The summed E-state index contributed by atoms with van der Waals surface area (Å²) in [5, 5.41) is 15.9. The van der Waals surface area contributed by atoms with Crippen LogP contribution in [0.25, 0.3) is 10.8 Å². The number of esters is 1. The van der Waals surface area contributed by atoms with Crippen molar-refractivity contribution < 1.29 is 19.2 Å². The Hall–Kier alpha value is -3.74. The number of nitro benzene ring substituents is 1. The van der Waals surface area contributed by atoms with Crippen LogP contribution in [0.3, 0.4) is 0 Å². The van der Waals surface area contributed by atoms with E-state index in [1.165, 1.54) is 18.2 Å². The van der Waals surface area contributed by atoms with E-state index in [0.717, 1.165) is 16.3 Å². The smallest absolute Gasteiger partial charge is 0.311 e. The molecule has 0 heterocycles. The highest BCUT2D eigenvalue weighted by molar-refractivity contribution is 5.87. The Labute approximate surface area is 167 Å². The molecule has 7 nitrogen and oxygen atoms in total. The molecule has 0 radical (unpaired) electrons. The lowest BCUT2D eigenvalue weighted by Gasteiger charge is -2.16. The van der Waals surface area contributed by atoms with E-state index in [-0.39, 0.29) is 23.7 Å². The Morgan fingerprint density at radius 2 is 1.72 bits per heavy atom. The average molecular weight is 392 g/mol. The van der Waals surface area contributed by atoms with Crippen molar-refractivity contribution in [1.82, 2.24) is 5.32 Å². The van der Waals surface area contributed by atoms with Crippen LogP contribution in [-0.4, -0.2) is 23.4 Å². The summed E-state index contributed by atoms with van der Waals surface area (Å²) < 4.78 is 4.99. The molecule has 0 aliphatic carbocycles. The van der Waals surface area contributed by atoms with Crippen molar-refractivity contribution in [3.05, 3.63) is 88.0 Å². The van der Waals surface area contributed by atoms with Gasteiger partial charge in [-0.2, -0.15) is 0 Å². The van der Waals surface area contributed by atoms with Crippen molar-refractivity contribution in [2.45, 2.75) is 19.4 Å². The first-order valence-electron chi connectivity index (χ1n) is 9.10. The van der Waals surface area contributed by atoms with E-state index < -0.39 is 23.4 Å². The second-order valence-electron chi connectivity index (χ2n) is 6.58. The van der Waals surface area contributed by atoms with Crippen LogP contribution in [0.5, 0.6) is 0 Å². The number of ether oxygens (including phenoxy) is 1. The lowest BCUT2D eigenvalue weighted by atomic mass is 10.00. The van der Waals surface area contributed by atoms with E-state index in [4.69, 9.17) is 4.74 Å². The largest absolute Gasteiger partial charge is 0.455 e. The standard InChI is InChI=1S/C22H20N2O5/c1-15(18-11-6-9-16-7-2-4-10-19(16)18)23-21(25)14-29-22(26)13-17-8-3-5-12-20(17)24(27)28/h2-12,15H,13-14H2,1H3,(H,23,25)/t15-/m1/s1. The Balaban J connectivity index is 1.57. The van der Waals surface area contributed by atoms with Crippen molar-refractivity contribution in [1.29, 1.82) is 0 Å². The van der Waals surface area contributed by atoms with Gasteiger partial charge < -0.3 is 10.1 Å². The van der Waals surface area contributed by atoms with E-state index in [2.05, 4.69) is 5.32 Å². The van der Waals surface area contributed by atoms with Crippen LogP contribution in [0.2, 0.25) is 0 Å². The first-order chi connectivity index (χ1) is 14.0. The molecule has 7 heteroatoms. The van der Waals surface area contributed by atoms with Crippen LogP contribution < -0.4 is 5.32 Å². The summed E-state index contributed by atoms with van der Waals surface area (Å²) in [6.45, 7) is 1.41. The highest BCUT2D eigenvalue weighted by atomic mass is 16.6. The van der Waals surface area contributed by atoms with E-state index >= 15 is 0 Å². The Bertz CT molecular complexity index is 1060. The van der Waals surface area contributed by atoms with Crippen LogP contribution in [0.15, 0.2) is 66.7 Å². The summed E-state index contributed by atoms with van der Waals surface area (Å²) in [4.78, 5) is 34.6. The topological polar surface area (TPSA) is 98.5 Å². The summed E-state index contributed by atoms with van der Waals surface area (Å²) in [7, 11) is 0. The van der Waals surface area contributed by atoms with Crippen molar-refractivity contribution in [2.24, 2.45) is 0 Å². The van der Waals surface area contributed by atoms with Gasteiger partial charge in [-0.25, -0.2) is 0 Å². The van der Waals surface area contributed by atoms with Gasteiger partial charge in [-0.05, 0) is 23.3 Å². The molecule has 0 unspecified atom stereocenters. The van der Waals surface area contributed by atoms with Crippen molar-refractivity contribution >= 4 is 28.3 Å². The molecule has 0 bridgehead atoms. The van der Waals surface area contributed by atoms with Gasteiger partial charge in [0.05, 0.1) is 17.4 Å². The predicted molar refractivity (Wildman–Crippen MR) is 108 cm³/mol. The SMILES string of the molecule is C[C@@H](NC(=O)COC(=O)Cc1ccccc1[N+](=O)[O-])c1cccc2ccccc12. The number of nitrogens with zero attached hydrogens (tertiary/aromatic N) is 1. The van der Waals surface area contributed by atoms with E-state index in [1.54, 1.807) is 6.07 Å². The summed E-state index contributed by atoms with van der Waals surface area (Å²) >= 11 is 0. The van der Waals surface area contributed by atoms with Crippen LogP contribution in [0.1, 0.15) is 24.1 Å². The molecule has 0 saturated heterocycles. The quantitative estimate of drug-likeness (QED) is 0.375. The molecule has 1 atom stereocenters. The van der Waals surface area contributed by atoms with Gasteiger partial charge in [-0.15, -0.1) is 0 Å². The molecule has 1 amide bonds. The maximum absolute atomic E-state index is 12.2. The molecule has 29 heavy (non-hydrogen) atoms. The van der Waals surface area contributed by atoms with Gasteiger partial charge in [0.2, 0.25) is 0 Å². The number of nitro groups is 1. The molecule has 0 aromatic heterocycles. The summed E-state index contributed by atoms with van der Waals surface area (Å²) in [5.41, 5.74) is 1.05. The predicted octanol–water partition coefficient (Wildman–Crippen LogP) is 3.71. The number of amides is 1. The number of hydrogen-bond acceptors (Lipinski definition) is 5. The number of rotatable bonds is 7. The second-order valence-corrected chi connectivity index (χ2v) is 6.58. The van der Waals surface area contributed by atoms with Gasteiger partial charge in [-0.3, -0.25) is 19.7 Å². The Kier molecular flexibility index (Phi) is 6.19. The first kappa shape index (κ1) is 20.0. The van der Waals surface area contributed by atoms with Gasteiger partial charge in [0.15, 0.2) is 6.61 Å². The molecule has 3 rings (SSSR count). The monoisotopic (exact) mass is 392 g/mol. The average Bonchev–Trinajstić information content (AvgIpc) is 2.72. The second kappa shape index (κ2) is 8.97. The van der Waals surface area contributed by atoms with Crippen molar-refractivity contribution in [3.8, 4) is 0 Å². The van der Waals surface area contributed by atoms with Crippen LogP contribution in [0.4, 0.5) is 5.69 Å². The lowest BCUT2D eigenvalue weighted by molar-refractivity contribution is -0.385. The van der Waals surface area contributed by atoms with Crippen LogP contribution >= 0.6 is 0 Å². The molecule has 3 aromatic rings. The number of carbonyl (C=O) groups excluding carboxylic acids is 2. The van der Waals surface area contributed by atoms with Gasteiger partial charge in [0, 0.05) is 11.6 Å². The summed E-state index contributed by atoms with van der Waals surface area (Å²) in [6.07, 6.45) is -0.274. The number of hydrogen-bond donors (Lipinski definition) is 1. The van der Waals surface area contributed by atoms with E-state index in [9.17, 15) is 19.7 Å². The van der Waals surface area contributed by atoms with Crippen molar-refractivity contribution in [3.63, 3.8) is 0 Å². The third-order valence-corrected chi connectivity index (χ3v) is 4.55. The molecular formula is C22H20N2O5. The minimum Gasteiger partial charge on any atom is -0.455 e. The maximum atomic E-state index is 12.2. The van der Waals surface area contributed by atoms with Gasteiger partial charge in [0.25, 0.3) is 11.6 Å². The molecule has 0 aliphatic heterocycles. The number of carbonyl (C=O) groups is 2. The minimum atomic E-state index is -0.702. The van der Waals surface area contributed by atoms with E-state index in [1.807, 2.05) is 49.4 Å². The fourth-order valence-corrected chi connectivity index (χ4v) is 3.18. The molecule has 148 valence electrons. The van der Waals surface area contributed by atoms with Gasteiger partial charge >= 0.3 is 5.97 Å². The Morgan fingerprint density at radius 1 is 1.03 bits per heavy atom. The zero-order valence-corrected chi connectivity index (χ0v) is 15.8. The molecule has 0 aliphatic rings. The summed E-state index contributed by atoms with van der Waals surface area (Å²) in [5.74, 6) is -1.14. The highest BCUT2D eigenvalue weighted by Gasteiger charge is 2.18. The fourth-order valence-electron chi connectivity index (χ4n) is 3.18. The molecule has 0 spiro atoms.